The number of aromatic nitrogens is 4. The van der Waals surface area contributed by atoms with E-state index in [9.17, 15) is 0 Å². The van der Waals surface area contributed by atoms with Gasteiger partial charge in [-0.25, -0.2) is 4.99 Å². The topological polar surface area (TPSA) is 130 Å². The molecule has 0 amide bonds. The third-order valence-electron chi connectivity index (χ3n) is 7.02. The van der Waals surface area contributed by atoms with Crippen molar-refractivity contribution in [3.63, 3.8) is 0 Å². The van der Waals surface area contributed by atoms with E-state index in [1.807, 2.05) is 23.0 Å². The van der Waals surface area contributed by atoms with Gasteiger partial charge in [0, 0.05) is 24.2 Å². The summed E-state index contributed by atoms with van der Waals surface area (Å²) in [5.74, 6) is 1.84. The zero-order valence-corrected chi connectivity index (χ0v) is 19.2. The first-order valence-electron chi connectivity index (χ1n) is 11.5. The Hall–Kier alpha value is -3.72. The maximum atomic E-state index is 5.81. The molecule has 1 aliphatic carbocycles. The third kappa shape index (κ3) is 3.92. The Morgan fingerprint density at radius 2 is 2.03 bits per heavy atom. The van der Waals surface area contributed by atoms with Crippen LogP contribution in [0.15, 0.2) is 64.8 Å². The van der Waals surface area contributed by atoms with Crippen LogP contribution in [0, 0.1) is 5.92 Å². The molecule has 1 aromatic carbocycles. The number of ether oxygens (including phenoxy) is 1. The second-order valence-electron chi connectivity index (χ2n) is 9.10. The molecule has 1 atom stereocenters. The second-order valence-corrected chi connectivity index (χ2v) is 9.10. The summed E-state index contributed by atoms with van der Waals surface area (Å²) < 4.78 is 12.9. The molecule has 1 saturated heterocycles. The number of hydrogen-bond acceptors (Lipinski definition) is 8. The minimum absolute atomic E-state index is 0.230. The molecule has 9 heteroatoms. The molecule has 0 bridgehead atoms. The second kappa shape index (κ2) is 8.90. The Bertz CT molecular complexity index is 1230. The van der Waals surface area contributed by atoms with Gasteiger partial charge in [-0.2, -0.15) is 10.1 Å². The molecule has 176 valence electrons. The van der Waals surface area contributed by atoms with Gasteiger partial charge >= 0.3 is 0 Å². The molecule has 2 aromatic heterocycles. The maximum absolute atomic E-state index is 5.81. The Morgan fingerprint density at radius 3 is 2.62 bits per heavy atom. The van der Waals surface area contributed by atoms with E-state index in [4.69, 9.17) is 25.7 Å². The van der Waals surface area contributed by atoms with Gasteiger partial charge in [-0.15, -0.1) is 0 Å². The number of hydrogen-bond donors (Lipinski definition) is 2. The molecule has 3 heterocycles. The Balaban J connectivity index is 1.44. The molecule has 1 aliphatic heterocycles. The van der Waals surface area contributed by atoms with E-state index in [1.54, 1.807) is 12.4 Å². The fourth-order valence-electron chi connectivity index (χ4n) is 4.48. The fraction of sp³-hybridized carbons (Fsp3) is 0.360. The maximum Gasteiger partial charge on any atom is 0.261 e. The van der Waals surface area contributed by atoms with Crippen molar-refractivity contribution in [1.82, 2.24) is 19.9 Å². The minimum Gasteiger partial charge on any atom is -0.404 e. The van der Waals surface area contributed by atoms with Crippen molar-refractivity contribution in [2.24, 2.45) is 22.4 Å². The average molecular weight is 460 g/mol. The Labute approximate surface area is 198 Å². The lowest BCUT2D eigenvalue weighted by molar-refractivity contribution is -0.0286. The van der Waals surface area contributed by atoms with Crippen molar-refractivity contribution in [3.05, 3.63) is 72.2 Å². The molecule has 9 nitrogen and oxygen atoms in total. The number of nitrogens with two attached hydrogens (primary N) is 2. The van der Waals surface area contributed by atoms with Gasteiger partial charge in [0.2, 0.25) is 0 Å². The van der Waals surface area contributed by atoms with E-state index < -0.39 is 0 Å². The van der Waals surface area contributed by atoms with Crippen LogP contribution in [0.25, 0.3) is 17.0 Å². The number of nitrogens with zero attached hydrogens (tertiary/aromatic N) is 5. The normalized spacial score (nSPS) is 19.0. The fourth-order valence-corrected chi connectivity index (χ4v) is 4.48. The highest BCUT2D eigenvalue weighted by atomic mass is 16.5. The van der Waals surface area contributed by atoms with Gasteiger partial charge in [0.05, 0.1) is 36.4 Å². The molecule has 5 rings (SSSR count). The van der Waals surface area contributed by atoms with Crippen LogP contribution in [0.3, 0.4) is 0 Å². The third-order valence-corrected chi connectivity index (χ3v) is 7.02. The summed E-state index contributed by atoms with van der Waals surface area (Å²) in [5.41, 5.74) is 14.6. The van der Waals surface area contributed by atoms with Gasteiger partial charge in [-0.1, -0.05) is 42.4 Å². The lowest BCUT2D eigenvalue weighted by Gasteiger charge is -2.41. The molecule has 2 fully saturated rings. The summed E-state index contributed by atoms with van der Waals surface area (Å²) in [7, 11) is 0. The summed E-state index contributed by atoms with van der Waals surface area (Å²) in [4.78, 5) is 8.89. The Morgan fingerprint density at radius 1 is 1.26 bits per heavy atom. The molecular formula is C25H29N7O2. The van der Waals surface area contributed by atoms with Gasteiger partial charge in [0.15, 0.2) is 5.82 Å². The zero-order valence-electron chi connectivity index (χ0n) is 19.2. The lowest BCUT2D eigenvalue weighted by atomic mass is 9.62. The molecular weight excluding hydrogens is 430 g/mol. The first-order chi connectivity index (χ1) is 16.5. The highest BCUT2D eigenvalue weighted by molar-refractivity contribution is 6.09. The molecule has 0 spiro atoms. The Kier molecular flexibility index (Phi) is 5.79. The molecule has 0 radical (unpaired) electrons. The first kappa shape index (κ1) is 22.1. The van der Waals surface area contributed by atoms with Crippen molar-refractivity contribution in [2.45, 2.75) is 37.6 Å². The van der Waals surface area contributed by atoms with Crippen LogP contribution in [0.1, 0.15) is 49.2 Å². The summed E-state index contributed by atoms with van der Waals surface area (Å²) in [6.07, 6.45) is 10.3. The SMILES string of the molecule is C=C(N)N=C/C(=C\N)c1ccc([C@](C)(c2noc(-c3cnn(C4COC4)c3)n2)C2CCC2)cc1. The van der Waals surface area contributed by atoms with Gasteiger partial charge in [-0.05, 0) is 36.8 Å². The predicted molar refractivity (Wildman–Crippen MR) is 130 cm³/mol. The molecule has 2 aliphatic rings. The summed E-state index contributed by atoms with van der Waals surface area (Å²) in [6, 6.07) is 8.54. The molecule has 34 heavy (non-hydrogen) atoms. The number of rotatable bonds is 8. The molecule has 3 aromatic rings. The quantitative estimate of drug-likeness (QED) is 0.494. The molecule has 1 saturated carbocycles. The highest BCUT2D eigenvalue weighted by Gasteiger charge is 2.44. The van der Waals surface area contributed by atoms with Crippen LogP contribution in [0.5, 0.6) is 0 Å². The van der Waals surface area contributed by atoms with Gasteiger partial charge in [0.25, 0.3) is 5.89 Å². The smallest absolute Gasteiger partial charge is 0.261 e. The van der Waals surface area contributed by atoms with Crippen LogP contribution in [-0.4, -0.2) is 39.3 Å². The first-order valence-corrected chi connectivity index (χ1v) is 11.5. The van der Waals surface area contributed by atoms with Crippen molar-refractivity contribution in [1.29, 1.82) is 0 Å². The van der Waals surface area contributed by atoms with Crippen molar-refractivity contribution in [3.8, 4) is 11.5 Å². The average Bonchev–Trinajstić information content (AvgIpc) is 3.42. The standard InChI is InChI=1S/C25H29N7O2/c1-16(27)28-11-18(10-26)17-6-8-21(9-7-17)25(2,20-4-3-5-20)24-30-23(34-31-24)19-12-29-32(13-19)22-14-33-15-22/h6-13,20,22H,1,3-5,14-15,26-27H2,2H3/b18-10+,28-11?/t25-/m1/s1. The summed E-state index contributed by atoms with van der Waals surface area (Å²) >= 11 is 0. The van der Waals surface area contributed by atoms with Crippen LogP contribution in [0.4, 0.5) is 0 Å². The van der Waals surface area contributed by atoms with Crippen LogP contribution in [-0.2, 0) is 10.2 Å². The highest BCUT2D eigenvalue weighted by Crippen LogP contribution is 2.47. The van der Waals surface area contributed by atoms with Crippen LogP contribution in [0.2, 0.25) is 0 Å². The van der Waals surface area contributed by atoms with E-state index in [1.165, 1.54) is 12.6 Å². The summed E-state index contributed by atoms with van der Waals surface area (Å²) in [6.45, 7) is 7.15. The lowest BCUT2D eigenvalue weighted by Crippen LogP contribution is -2.38. The molecule has 4 N–H and O–H groups in total. The predicted octanol–water partition coefficient (Wildman–Crippen LogP) is 3.41. The van der Waals surface area contributed by atoms with Gasteiger partial charge in [0.1, 0.15) is 5.82 Å². The van der Waals surface area contributed by atoms with Crippen molar-refractivity contribution >= 4 is 11.8 Å². The van der Waals surface area contributed by atoms with E-state index in [2.05, 4.69) is 40.9 Å². The number of allylic oxidation sites excluding steroid dienone is 1. The molecule has 0 unspecified atom stereocenters. The van der Waals surface area contributed by atoms with E-state index in [-0.39, 0.29) is 17.3 Å². The van der Waals surface area contributed by atoms with E-state index in [0.29, 0.717) is 30.8 Å². The van der Waals surface area contributed by atoms with Crippen LogP contribution < -0.4 is 11.5 Å². The number of aliphatic imine (C=N–C) groups is 1. The van der Waals surface area contributed by atoms with Crippen molar-refractivity contribution in [2.75, 3.05) is 13.2 Å². The van der Waals surface area contributed by atoms with Crippen LogP contribution >= 0.6 is 0 Å². The van der Waals surface area contributed by atoms with E-state index in [0.717, 1.165) is 35.1 Å². The summed E-state index contributed by atoms with van der Waals surface area (Å²) in [5, 5.41) is 8.87. The van der Waals surface area contributed by atoms with Gasteiger partial charge < -0.3 is 20.7 Å². The van der Waals surface area contributed by atoms with Gasteiger partial charge in [-0.3, -0.25) is 4.68 Å². The monoisotopic (exact) mass is 459 g/mol. The minimum atomic E-state index is -0.372. The zero-order chi connectivity index (χ0) is 23.7. The largest absolute Gasteiger partial charge is 0.404 e. The van der Waals surface area contributed by atoms with Crippen molar-refractivity contribution < 1.29 is 9.26 Å². The number of benzene rings is 1. The van der Waals surface area contributed by atoms with E-state index >= 15 is 0 Å².